The highest BCUT2D eigenvalue weighted by atomic mass is 127. The van der Waals surface area contributed by atoms with Crippen LogP contribution in [0.15, 0.2) is 23.2 Å². The summed E-state index contributed by atoms with van der Waals surface area (Å²) in [5, 5.41) is 3.14. The summed E-state index contributed by atoms with van der Waals surface area (Å²) in [5.41, 5.74) is 7.14. The molecule has 0 aromatic heterocycles. The fourth-order valence-corrected chi connectivity index (χ4v) is 2.68. The smallest absolute Gasteiger partial charge is 0.193 e. The highest BCUT2D eigenvalue weighted by Crippen LogP contribution is 2.42. The largest absolute Gasteiger partial charge is 0.490 e. The Labute approximate surface area is 148 Å². The molecule has 0 saturated heterocycles. The second kappa shape index (κ2) is 6.93. The molecule has 0 bridgehead atoms. The van der Waals surface area contributed by atoms with E-state index < -0.39 is 0 Å². The van der Waals surface area contributed by atoms with Gasteiger partial charge < -0.3 is 20.5 Å². The number of fused-ring (bicyclic) bond motifs is 1. The molecule has 1 aromatic carbocycles. The number of nitrogens with zero attached hydrogens (tertiary/aromatic N) is 1. The Hall–Kier alpha value is -1.18. The van der Waals surface area contributed by atoms with Gasteiger partial charge in [-0.15, -0.1) is 24.0 Å². The van der Waals surface area contributed by atoms with Gasteiger partial charge in [-0.3, -0.25) is 0 Å². The van der Waals surface area contributed by atoms with Crippen LogP contribution in [0.5, 0.6) is 11.5 Å². The number of rotatable bonds is 2. The lowest BCUT2D eigenvalue weighted by Gasteiger charge is -2.41. The van der Waals surface area contributed by atoms with Crippen LogP contribution in [0, 0.1) is 5.41 Å². The van der Waals surface area contributed by atoms with Crippen molar-refractivity contribution in [1.82, 2.24) is 0 Å². The molecule has 3 N–H and O–H groups in total. The summed E-state index contributed by atoms with van der Waals surface area (Å²) in [7, 11) is 0. The normalized spacial score (nSPS) is 22.8. The van der Waals surface area contributed by atoms with Gasteiger partial charge in [-0.05, 0) is 30.4 Å². The summed E-state index contributed by atoms with van der Waals surface area (Å²) in [6.45, 7) is 5.83. The van der Waals surface area contributed by atoms with E-state index in [2.05, 4.69) is 24.2 Å². The predicted molar refractivity (Wildman–Crippen MR) is 99.5 cm³/mol. The van der Waals surface area contributed by atoms with Gasteiger partial charge in [0.05, 0.1) is 19.3 Å². The van der Waals surface area contributed by atoms with Crippen LogP contribution in [0.4, 0.5) is 5.69 Å². The van der Waals surface area contributed by atoms with Crippen molar-refractivity contribution >= 4 is 35.6 Å². The number of guanidine groups is 1. The Bertz CT molecular complexity index is 560. The topological polar surface area (TPSA) is 68.9 Å². The molecule has 0 amide bonds. The van der Waals surface area contributed by atoms with Crippen LogP contribution in [0.2, 0.25) is 0 Å². The minimum Gasteiger partial charge on any atom is -0.490 e. The van der Waals surface area contributed by atoms with Crippen molar-refractivity contribution in [1.29, 1.82) is 0 Å². The number of anilines is 1. The molecule has 1 aliphatic carbocycles. The third-order valence-corrected chi connectivity index (χ3v) is 4.28. The first-order valence-corrected chi connectivity index (χ1v) is 7.54. The first kappa shape index (κ1) is 17.2. The van der Waals surface area contributed by atoms with Crippen molar-refractivity contribution in [2.75, 3.05) is 18.5 Å². The SMILES string of the molecule is CC1(C)CCC1N=C(N)Nc1ccc2c(c1)OCCCO2.I. The van der Waals surface area contributed by atoms with Crippen molar-refractivity contribution in [2.24, 2.45) is 16.1 Å². The lowest BCUT2D eigenvalue weighted by molar-refractivity contribution is 0.145. The van der Waals surface area contributed by atoms with E-state index in [1.165, 1.54) is 6.42 Å². The number of aliphatic imine (C=N–C) groups is 1. The monoisotopic (exact) mass is 417 g/mol. The fraction of sp³-hybridized carbons (Fsp3) is 0.562. The summed E-state index contributed by atoms with van der Waals surface area (Å²) in [4.78, 5) is 4.57. The van der Waals surface area contributed by atoms with Gasteiger partial charge in [-0.2, -0.15) is 0 Å². The Morgan fingerprint density at radius 3 is 2.64 bits per heavy atom. The quantitative estimate of drug-likeness (QED) is 0.440. The van der Waals surface area contributed by atoms with Crippen LogP contribution in [0.1, 0.15) is 33.1 Å². The molecule has 1 unspecified atom stereocenters. The molecule has 1 fully saturated rings. The zero-order chi connectivity index (χ0) is 14.9. The van der Waals surface area contributed by atoms with E-state index in [-0.39, 0.29) is 29.4 Å². The first-order valence-electron chi connectivity index (χ1n) is 7.54. The molecule has 1 aliphatic heterocycles. The Morgan fingerprint density at radius 1 is 1.27 bits per heavy atom. The van der Waals surface area contributed by atoms with Crippen LogP contribution in [0.25, 0.3) is 0 Å². The third kappa shape index (κ3) is 3.77. The molecule has 3 rings (SSSR count). The van der Waals surface area contributed by atoms with E-state index in [1.54, 1.807) is 0 Å². The van der Waals surface area contributed by atoms with E-state index in [4.69, 9.17) is 15.2 Å². The van der Waals surface area contributed by atoms with Gasteiger partial charge in [0.15, 0.2) is 17.5 Å². The van der Waals surface area contributed by atoms with Crippen LogP contribution in [-0.4, -0.2) is 25.2 Å². The van der Waals surface area contributed by atoms with E-state index in [0.29, 0.717) is 25.2 Å². The molecule has 0 spiro atoms. The van der Waals surface area contributed by atoms with Gasteiger partial charge in [0.1, 0.15) is 0 Å². The average Bonchev–Trinajstić information content (AvgIpc) is 2.68. The van der Waals surface area contributed by atoms with Crippen molar-refractivity contribution in [3.63, 3.8) is 0 Å². The van der Waals surface area contributed by atoms with E-state index in [1.807, 2.05) is 18.2 Å². The summed E-state index contributed by atoms with van der Waals surface area (Å²) in [6.07, 6.45) is 3.22. The Balaban J connectivity index is 0.00000176. The van der Waals surface area contributed by atoms with E-state index in [9.17, 15) is 0 Å². The molecule has 122 valence electrons. The number of nitrogens with two attached hydrogens (primary N) is 1. The number of hydrogen-bond donors (Lipinski definition) is 2. The molecule has 1 aromatic rings. The van der Waals surface area contributed by atoms with Crippen LogP contribution in [-0.2, 0) is 0 Å². The highest BCUT2D eigenvalue weighted by molar-refractivity contribution is 14.0. The lowest BCUT2D eigenvalue weighted by Crippen LogP contribution is -2.40. The van der Waals surface area contributed by atoms with Gasteiger partial charge in [-0.1, -0.05) is 13.8 Å². The molecule has 22 heavy (non-hydrogen) atoms. The zero-order valence-electron chi connectivity index (χ0n) is 13.1. The Kier molecular flexibility index (Phi) is 5.41. The zero-order valence-corrected chi connectivity index (χ0v) is 15.4. The van der Waals surface area contributed by atoms with Crippen LogP contribution < -0.4 is 20.5 Å². The van der Waals surface area contributed by atoms with Gasteiger partial charge in [0.2, 0.25) is 0 Å². The number of ether oxygens (including phenoxy) is 2. The molecule has 1 saturated carbocycles. The molecule has 0 radical (unpaired) electrons. The molecule has 1 heterocycles. The van der Waals surface area contributed by atoms with Gasteiger partial charge in [-0.25, -0.2) is 4.99 Å². The highest BCUT2D eigenvalue weighted by Gasteiger charge is 2.38. The molecule has 1 atom stereocenters. The van der Waals surface area contributed by atoms with Crippen LogP contribution >= 0.6 is 24.0 Å². The number of benzene rings is 1. The van der Waals surface area contributed by atoms with Gasteiger partial charge >= 0.3 is 0 Å². The maximum Gasteiger partial charge on any atom is 0.193 e. The number of hydrogen-bond acceptors (Lipinski definition) is 3. The van der Waals surface area contributed by atoms with E-state index in [0.717, 1.165) is 30.0 Å². The Morgan fingerprint density at radius 2 is 2.00 bits per heavy atom. The lowest BCUT2D eigenvalue weighted by atomic mass is 9.68. The van der Waals surface area contributed by atoms with Crippen molar-refractivity contribution in [3.05, 3.63) is 18.2 Å². The molecule has 2 aliphatic rings. The summed E-state index contributed by atoms with van der Waals surface area (Å²) < 4.78 is 11.3. The molecule has 6 heteroatoms. The summed E-state index contributed by atoms with van der Waals surface area (Å²) in [6, 6.07) is 6.06. The number of halogens is 1. The minimum atomic E-state index is 0. The molecule has 5 nitrogen and oxygen atoms in total. The van der Waals surface area contributed by atoms with Gasteiger partial charge in [0, 0.05) is 18.2 Å². The van der Waals surface area contributed by atoms with Crippen LogP contribution in [0.3, 0.4) is 0 Å². The van der Waals surface area contributed by atoms with E-state index >= 15 is 0 Å². The fourth-order valence-electron chi connectivity index (χ4n) is 2.68. The second-order valence-electron chi connectivity index (χ2n) is 6.39. The molecular formula is C16H24IN3O2. The standard InChI is InChI=1S/C16H23N3O2.HI/c1-16(2)7-6-14(16)19-15(17)18-11-4-5-12-13(10-11)21-9-3-8-20-12;/h4-5,10,14H,3,6-9H2,1-2H3,(H3,17,18,19);1H. The summed E-state index contributed by atoms with van der Waals surface area (Å²) in [5.74, 6) is 2.00. The third-order valence-electron chi connectivity index (χ3n) is 4.28. The molecular weight excluding hydrogens is 393 g/mol. The number of nitrogens with one attached hydrogen (secondary N) is 1. The predicted octanol–water partition coefficient (Wildman–Crippen LogP) is 3.38. The maximum absolute atomic E-state index is 6.01. The van der Waals surface area contributed by atoms with Crippen molar-refractivity contribution < 1.29 is 9.47 Å². The minimum absolute atomic E-state index is 0. The van der Waals surface area contributed by atoms with Crippen molar-refractivity contribution in [2.45, 2.75) is 39.2 Å². The summed E-state index contributed by atoms with van der Waals surface area (Å²) >= 11 is 0. The maximum atomic E-state index is 6.01. The first-order chi connectivity index (χ1) is 10.0. The second-order valence-corrected chi connectivity index (χ2v) is 6.39. The van der Waals surface area contributed by atoms with Crippen molar-refractivity contribution in [3.8, 4) is 11.5 Å². The van der Waals surface area contributed by atoms with Gasteiger partial charge in [0.25, 0.3) is 0 Å². The average molecular weight is 417 g/mol.